The lowest BCUT2D eigenvalue weighted by atomic mass is 9.92. The predicted octanol–water partition coefficient (Wildman–Crippen LogP) is 4.05. The van der Waals surface area contributed by atoms with Gasteiger partial charge in [-0.25, -0.2) is 4.39 Å². The number of fused-ring (bicyclic) bond motifs is 1. The summed E-state index contributed by atoms with van der Waals surface area (Å²) < 4.78 is 23.4. The number of ether oxygens (including phenoxy) is 1. The largest absolute Gasteiger partial charge is 0.461 e. The highest BCUT2D eigenvalue weighted by Gasteiger charge is 2.25. The van der Waals surface area contributed by atoms with E-state index in [-0.39, 0.29) is 17.4 Å². The van der Waals surface area contributed by atoms with Crippen LogP contribution in [0, 0.1) is 24.6 Å². The van der Waals surface area contributed by atoms with Crippen LogP contribution in [-0.4, -0.2) is 40.3 Å². The maximum atomic E-state index is 15.2. The number of aryl methyl sites for hydroxylation is 3. The van der Waals surface area contributed by atoms with Crippen LogP contribution in [0.15, 0.2) is 36.2 Å². The molecule has 188 valence electrons. The molecule has 0 saturated carbocycles. The summed E-state index contributed by atoms with van der Waals surface area (Å²) in [5.41, 5.74) is 5.34. The fourth-order valence-corrected chi connectivity index (χ4v) is 4.90. The van der Waals surface area contributed by atoms with Gasteiger partial charge in [-0.1, -0.05) is 13.8 Å². The lowest BCUT2D eigenvalue weighted by molar-refractivity contribution is 0.0937. The molecule has 0 spiro atoms. The summed E-state index contributed by atoms with van der Waals surface area (Å²) in [6.45, 7) is 8.40. The molecule has 2 aliphatic rings. The van der Waals surface area contributed by atoms with Gasteiger partial charge in [0.1, 0.15) is 17.3 Å². The van der Waals surface area contributed by atoms with E-state index in [0.29, 0.717) is 41.5 Å². The zero-order valence-electron chi connectivity index (χ0n) is 21.2. The summed E-state index contributed by atoms with van der Waals surface area (Å²) >= 11 is 0. The van der Waals surface area contributed by atoms with Crippen molar-refractivity contribution in [2.75, 3.05) is 19.6 Å². The number of nitrogens with zero attached hydrogens (tertiary/aromatic N) is 3. The lowest BCUT2D eigenvalue weighted by Crippen LogP contribution is -2.48. The van der Waals surface area contributed by atoms with E-state index in [1.54, 1.807) is 12.3 Å². The van der Waals surface area contributed by atoms with Crippen LogP contribution in [0.5, 0.6) is 5.75 Å². The Morgan fingerprint density at radius 2 is 2.11 bits per heavy atom. The average molecular weight is 490 g/mol. The second-order valence-corrected chi connectivity index (χ2v) is 9.78. The molecule has 7 nitrogen and oxygen atoms in total. The quantitative estimate of drug-likeness (QED) is 0.523. The standard InChI is InChI=1S/C28H32FN5O2/c1-5-19-9-20(10-23(29)27(19)28(35)32-15-18-13-30-14-18)24-11-21(6-7-31-24)36-26-12-25-22(8-16(26)2)17(3)33-34(25)4/h6-7,9-12,16,18,30H,5,8,13-15H2,1-4H3,(H,32,35). The van der Waals surface area contributed by atoms with Gasteiger partial charge in [0.05, 0.1) is 22.6 Å². The van der Waals surface area contributed by atoms with Crippen LogP contribution in [0.1, 0.15) is 46.7 Å². The zero-order valence-corrected chi connectivity index (χ0v) is 21.2. The molecule has 0 bridgehead atoms. The third kappa shape index (κ3) is 4.65. The van der Waals surface area contributed by atoms with E-state index in [9.17, 15) is 4.79 Å². The number of aromatic nitrogens is 3. The van der Waals surface area contributed by atoms with E-state index in [4.69, 9.17) is 4.74 Å². The van der Waals surface area contributed by atoms with Crippen LogP contribution in [0.3, 0.4) is 0 Å². The van der Waals surface area contributed by atoms with Crippen molar-refractivity contribution in [1.82, 2.24) is 25.4 Å². The molecular weight excluding hydrogens is 457 g/mol. The maximum absolute atomic E-state index is 15.2. The Hall–Kier alpha value is -3.52. The van der Waals surface area contributed by atoms with Gasteiger partial charge in [0.15, 0.2) is 0 Å². The minimum absolute atomic E-state index is 0.115. The highest BCUT2D eigenvalue weighted by atomic mass is 19.1. The Balaban J connectivity index is 1.39. The van der Waals surface area contributed by atoms with E-state index >= 15 is 4.39 Å². The van der Waals surface area contributed by atoms with Crippen molar-refractivity contribution in [1.29, 1.82) is 0 Å². The Bertz CT molecular complexity index is 1340. The molecule has 36 heavy (non-hydrogen) atoms. The SMILES string of the molecule is CCc1cc(-c2cc(OC3=Cc4c(c(C)nn4C)CC3C)ccn2)cc(F)c1C(=O)NCC1CNC1. The number of carbonyl (C=O) groups is 1. The van der Waals surface area contributed by atoms with Crippen molar-refractivity contribution in [2.45, 2.75) is 33.6 Å². The highest BCUT2D eigenvalue weighted by molar-refractivity contribution is 5.96. The number of benzene rings is 1. The van der Waals surface area contributed by atoms with Crippen molar-refractivity contribution >= 4 is 12.0 Å². The van der Waals surface area contributed by atoms with Crippen LogP contribution in [-0.2, 0) is 19.9 Å². The molecule has 1 amide bonds. The number of allylic oxidation sites excluding steroid dienone is 1. The summed E-state index contributed by atoms with van der Waals surface area (Å²) in [4.78, 5) is 17.2. The Morgan fingerprint density at radius 3 is 2.83 bits per heavy atom. The van der Waals surface area contributed by atoms with Gasteiger partial charge in [0, 0.05) is 68.0 Å². The topological polar surface area (TPSA) is 81.1 Å². The number of hydrogen-bond donors (Lipinski definition) is 2. The first-order chi connectivity index (χ1) is 17.3. The molecule has 8 heteroatoms. The molecule has 1 saturated heterocycles. The molecule has 1 atom stereocenters. The number of hydrogen-bond acceptors (Lipinski definition) is 5. The number of halogens is 1. The fraction of sp³-hybridized carbons (Fsp3) is 0.393. The lowest BCUT2D eigenvalue weighted by Gasteiger charge is -2.27. The number of rotatable bonds is 7. The maximum Gasteiger partial charge on any atom is 0.254 e. The number of carbonyl (C=O) groups excluding carboxylic acids is 1. The third-order valence-corrected chi connectivity index (χ3v) is 7.13. The average Bonchev–Trinajstić information content (AvgIpc) is 3.10. The second kappa shape index (κ2) is 9.85. The monoisotopic (exact) mass is 489 g/mol. The van der Waals surface area contributed by atoms with Gasteiger partial charge < -0.3 is 15.4 Å². The molecule has 3 heterocycles. The number of nitrogens with one attached hydrogen (secondary N) is 2. The predicted molar refractivity (Wildman–Crippen MR) is 137 cm³/mol. The van der Waals surface area contributed by atoms with E-state index in [1.807, 2.05) is 43.8 Å². The molecule has 2 N–H and O–H groups in total. The van der Waals surface area contributed by atoms with Gasteiger partial charge in [-0.2, -0.15) is 5.10 Å². The summed E-state index contributed by atoms with van der Waals surface area (Å²) in [6.07, 6.45) is 5.11. The van der Waals surface area contributed by atoms with Gasteiger partial charge in [-0.05, 0) is 43.5 Å². The molecular formula is C28H32FN5O2. The molecule has 3 aromatic rings. The third-order valence-electron chi connectivity index (χ3n) is 7.13. The Morgan fingerprint density at radius 1 is 1.31 bits per heavy atom. The Kier molecular flexibility index (Phi) is 6.62. The normalized spacial score (nSPS) is 17.2. The molecule has 2 aromatic heterocycles. The van der Waals surface area contributed by atoms with E-state index in [1.165, 1.54) is 11.6 Å². The molecule has 1 aliphatic carbocycles. The summed E-state index contributed by atoms with van der Waals surface area (Å²) in [5, 5.41) is 10.6. The van der Waals surface area contributed by atoms with Crippen molar-refractivity contribution < 1.29 is 13.9 Å². The van der Waals surface area contributed by atoms with E-state index in [0.717, 1.165) is 36.7 Å². The molecule has 1 aliphatic heterocycles. The first-order valence-corrected chi connectivity index (χ1v) is 12.5. The second-order valence-electron chi connectivity index (χ2n) is 9.78. The molecule has 1 unspecified atom stereocenters. The number of pyridine rings is 1. The molecule has 0 radical (unpaired) electrons. The van der Waals surface area contributed by atoms with Gasteiger partial charge >= 0.3 is 0 Å². The van der Waals surface area contributed by atoms with Crippen LogP contribution >= 0.6 is 0 Å². The van der Waals surface area contributed by atoms with Crippen molar-refractivity contribution in [3.8, 4) is 17.0 Å². The Labute approximate surface area is 210 Å². The van der Waals surface area contributed by atoms with Gasteiger partial charge in [-0.3, -0.25) is 14.5 Å². The zero-order chi connectivity index (χ0) is 25.4. The van der Waals surface area contributed by atoms with Crippen LogP contribution in [0.4, 0.5) is 4.39 Å². The van der Waals surface area contributed by atoms with Gasteiger partial charge in [-0.15, -0.1) is 0 Å². The highest BCUT2D eigenvalue weighted by Crippen LogP contribution is 2.33. The van der Waals surface area contributed by atoms with Crippen LogP contribution in [0.2, 0.25) is 0 Å². The molecule has 5 rings (SSSR count). The minimum Gasteiger partial charge on any atom is -0.461 e. The van der Waals surface area contributed by atoms with Crippen LogP contribution in [0.25, 0.3) is 17.3 Å². The minimum atomic E-state index is -0.538. The van der Waals surface area contributed by atoms with Gasteiger partial charge in [0.2, 0.25) is 0 Å². The summed E-state index contributed by atoms with van der Waals surface area (Å²) in [5.74, 6) is 1.20. The first kappa shape index (κ1) is 24.2. The first-order valence-electron chi connectivity index (χ1n) is 12.5. The van der Waals surface area contributed by atoms with Crippen molar-refractivity contribution in [2.24, 2.45) is 18.9 Å². The molecule has 1 fully saturated rings. The fourth-order valence-electron chi connectivity index (χ4n) is 4.90. The van der Waals surface area contributed by atoms with E-state index < -0.39 is 5.82 Å². The van der Waals surface area contributed by atoms with Crippen molar-refractivity contribution in [3.63, 3.8) is 0 Å². The van der Waals surface area contributed by atoms with E-state index in [2.05, 4.69) is 27.6 Å². The van der Waals surface area contributed by atoms with Gasteiger partial charge in [0.25, 0.3) is 5.91 Å². The van der Waals surface area contributed by atoms with Crippen LogP contribution < -0.4 is 15.4 Å². The summed E-state index contributed by atoms with van der Waals surface area (Å²) in [6, 6.07) is 6.85. The van der Waals surface area contributed by atoms with Crippen molar-refractivity contribution in [3.05, 3.63) is 70.1 Å². The summed E-state index contributed by atoms with van der Waals surface area (Å²) in [7, 11) is 1.94. The molecule has 1 aromatic carbocycles. The number of amides is 1. The smallest absolute Gasteiger partial charge is 0.254 e.